The van der Waals surface area contributed by atoms with E-state index in [9.17, 15) is 18.6 Å². The lowest BCUT2D eigenvalue weighted by Crippen LogP contribution is -2.48. The van der Waals surface area contributed by atoms with Crippen LogP contribution in [0.25, 0.3) is 22.0 Å². The number of hydrogen-bond acceptors (Lipinski definition) is 7. The molecule has 30 heavy (non-hydrogen) atoms. The Hall–Kier alpha value is -3.15. The Morgan fingerprint density at radius 1 is 1.17 bits per heavy atom. The molecule has 1 aliphatic rings. The van der Waals surface area contributed by atoms with Crippen molar-refractivity contribution in [1.82, 2.24) is 10.2 Å². The minimum Gasteiger partial charge on any atom is -0.507 e. The molecule has 1 fully saturated rings. The molecule has 1 aromatic heterocycles. The van der Waals surface area contributed by atoms with Crippen LogP contribution in [0.3, 0.4) is 0 Å². The normalized spacial score (nSPS) is 21.1. The van der Waals surface area contributed by atoms with E-state index in [-0.39, 0.29) is 16.7 Å². The van der Waals surface area contributed by atoms with Crippen LogP contribution in [0.15, 0.2) is 41.3 Å². The summed E-state index contributed by atoms with van der Waals surface area (Å²) >= 11 is 0. The summed E-state index contributed by atoms with van der Waals surface area (Å²) < 4.78 is 24.2. The first-order valence-electron chi connectivity index (χ1n) is 9.37. The third-order valence-corrected chi connectivity index (χ3v) is 6.42. The molecule has 0 amide bonds. The van der Waals surface area contributed by atoms with Gasteiger partial charge in [-0.1, -0.05) is 12.0 Å². The Morgan fingerprint density at radius 3 is 2.50 bits per heavy atom. The van der Waals surface area contributed by atoms with Crippen LogP contribution in [-0.4, -0.2) is 46.7 Å². The fraction of sp³-hybridized carbons (Fsp3) is 0.273. The van der Waals surface area contributed by atoms with Crippen LogP contribution >= 0.6 is 0 Å². The van der Waals surface area contributed by atoms with Gasteiger partial charge in [0.1, 0.15) is 11.4 Å². The van der Waals surface area contributed by atoms with Gasteiger partial charge < -0.3 is 15.5 Å². The quantitative estimate of drug-likeness (QED) is 0.553. The second-order valence-corrected chi connectivity index (χ2v) is 10.0. The zero-order valence-corrected chi connectivity index (χ0v) is 17.4. The highest BCUT2D eigenvalue weighted by Crippen LogP contribution is 2.38. The predicted molar refractivity (Wildman–Crippen MR) is 115 cm³/mol. The largest absolute Gasteiger partial charge is 0.507 e. The maximum atomic E-state index is 12.1. The number of benzene rings is 2. The number of nitrogens with one attached hydrogen (secondary N) is 1. The van der Waals surface area contributed by atoms with Gasteiger partial charge >= 0.3 is 0 Å². The van der Waals surface area contributed by atoms with Gasteiger partial charge in [-0.05, 0) is 50.1 Å². The molecule has 0 unspecified atom stereocenters. The molecule has 0 aliphatic heterocycles. The SMILES string of the molecule is C#Cc1ccc(-c2nnc(NC3CC(C)(O)C3)c3cc(S(C)(=O)=O)ccc23)c(O)c1. The number of anilines is 1. The lowest BCUT2D eigenvalue weighted by molar-refractivity contribution is -0.0235. The molecule has 4 rings (SSSR count). The van der Waals surface area contributed by atoms with E-state index in [0.717, 1.165) is 6.26 Å². The molecule has 7 nitrogen and oxygen atoms in total. The van der Waals surface area contributed by atoms with Gasteiger partial charge in [0, 0.05) is 34.2 Å². The molecule has 0 bridgehead atoms. The molecule has 0 atom stereocenters. The average Bonchev–Trinajstić information content (AvgIpc) is 2.66. The maximum absolute atomic E-state index is 12.1. The molecule has 1 heterocycles. The Kier molecular flexibility index (Phi) is 4.68. The van der Waals surface area contributed by atoms with E-state index in [1.165, 1.54) is 12.1 Å². The average molecular weight is 423 g/mol. The van der Waals surface area contributed by atoms with Crippen LogP contribution < -0.4 is 5.32 Å². The highest BCUT2D eigenvalue weighted by Gasteiger charge is 2.38. The fourth-order valence-electron chi connectivity index (χ4n) is 3.79. The Labute approximate surface area is 174 Å². The van der Waals surface area contributed by atoms with E-state index in [1.54, 1.807) is 31.2 Å². The lowest BCUT2D eigenvalue weighted by atomic mass is 9.77. The highest BCUT2D eigenvalue weighted by atomic mass is 32.2. The molecule has 0 radical (unpaired) electrons. The van der Waals surface area contributed by atoms with Crippen LogP contribution in [0.1, 0.15) is 25.3 Å². The van der Waals surface area contributed by atoms with Gasteiger partial charge in [0.05, 0.1) is 10.5 Å². The summed E-state index contributed by atoms with van der Waals surface area (Å²) in [7, 11) is -3.43. The molecule has 1 aliphatic carbocycles. The molecule has 2 aromatic carbocycles. The van der Waals surface area contributed by atoms with Gasteiger partial charge in [0.25, 0.3) is 0 Å². The van der Waals surface area contributed by atoms with E-state index in [4.69, 9.17) is 6.42 Å². The molecule has 3 aromatic rings. The second-order valence-electron chi connectivity index (χ2n) is 8.00. The van der Waals surface area contributed by atoms with Gasteiger partial charge in [0.2, 0.25) is 0 Å². The minimum atomic E-state index is -3.43. The Bertz CT molecular complexity index is 1300. The van der Waals surface area contributed by atoms with E-state index in [1.807, 2.05) is 0 Å². The number of aromatic hydroxyl groups is 1. The van der Waals surface area contributed by atoms with E-state index >= 15 is 0 Å². The van der Waals surface area contributed by atoms with Crippen LogP contribution in [0.2, 0.25) is 0 Å². The second kappa shape index (κ2) is 6.97. The number of rotatable bonds is 4. The first kappa shape index (κ1) is 20.1. The van der Waals surface area contributed by atoms with Gasteiger partial charge in [-0.15, -0.1) is 16.6 Å². The van der Waals surface area contributed by atoms with Crippen molar-refractivity contribution in [2.24, 2.45) is 0 Å². The number of terminal acetylenes is 1. The summed E-state index contributed by atoms with van der Waals surface area (Å²) in [4.78, 5) is 0.157. The van der Waals surface area contributed by atoms with Gasteiger partial charge in [-0.3, -0.25) is 0 Å². The maximum Gasteiger partial charge on any atom is 0.175 e. The van der Waals surface area contributed by atoms with Crippen molar-refractivity contribution in [3.63, 3.8) is 0 Å². The van der Waals surface area contributed by atoms with Crippen molar-refractivity contribution in [3.8, 4) is 29.4 Å². The minimum absolute atomic E-state index is 0.00792. The number of phenols is 1. The predicted octanol–water partition coefficient (Wildman–Crippen LogP) is 2.71. The Balaban J connectivity index is 1.87. The molecule has 0 saturated heterocycles. The van der Waals surface area contributed by atoms with Crippen molar-refractivity contribution in [2.45, 2.75) is 36.3 Å². The summed E-state index contributed by atoms with van der Waals surface area (Å²) in [5, 5.41) is 33.4. The van der Waals surface area contributed by atoms with Gasteiger partial charge in [-0.25, -0.2) is 8.42 Å². The number of nitrogens with zero attached hydrogens (tertiary/aromatic N) is 2. The highest BCUT2D eigenvalue weighted by molar-refractivity contribution is 7.90. The first-order valence-corrected chi connectivity index (χ1v) is 11.3. The van der Waals surface area contributed by atoms with E-state index < -0.39 is 15.4 Å². The van der Waals surface area contributed by atoms with Crippen molar-refractivity contribution >= 4 is 26.4 Å². The standard InChI is InChI=1S/C22H21N3O4S/c1-4-13-5-7-17(19(26)9-13)20-16-8-6-15(30(3,28)29)10-18(16)21(25-24-20)23-14-11-22(2,27)12-14/h1,5-10,14,26-27H,11-12H2,2-3H3,(H,23,25). The first-order chi connectivity index (χ1) is 14.1. The summed E-state index contributed by atoms with van der Waals surface area (Å²) in [6.45, 7) is 1.77. The molecule has 3 N–H and O–H groups in total. The summed E-state index contributed by atoms with van der Waals surface area (Å²) in [5.74, 6) is 2.86. The van der Waals surface area contributed by atoms with Crippen molar-refractivity contribution in [3.05, 3.63) is 42.0 Å². The van der Waals surface area contributed by atoms with Crippen molar-refractivity contribution in [2.75, 3.05) is 11.6 Å². The number of aromatic nitrogens is 2. The van der Waals surface area contributed by atoms with Crippen molar-refractivity contribution < 1.29 is 18.6 Å². The van der Waals surface area contributed by atoms with Crippen molar-refractivity contribution in [1.29, 1.82) is 0 Å². The summed E-state index contributed by atoms with van der Waals surface area (Å²) in [5.41, 5.74) is 0.667. The van der Waals surface area contributed by atoms with E-state index in [2.05, 4.69) is 21.4 Å². The number of sulfone groups is 1. The van der Waals surface area contributed by atoms with E-state index in [0.29, 0.717) is 46.3 Å². The summed E-state index contributed by atoms with van der Waals surface area (Å²) in [6, 6.07) is 9.55. The molecule has 8 heteroatoms. The third-order valence-electron chi connectivity index (χ3n) is 5.31. The Morgan fingerprint density at radius 2 is 1.90 bits per heavy atom. The number of fused-ring (bicyclic) bond motifs is 1. The van der Waals surface area contributed by atoms with Gasteiger partial charge in [-0.2, -0.15) is 0 Å². The smallest absolute Gasteiger partial charge is 0.175 e. The molecule has 1 saturated carbocycles. The zero-order chi connectivity index (χ0) is 21.7. The topological polar surface area (TPSA) is 112 Å². The number of hydrogen-bond donors (Lipinski definition) is 3. The van der Waals surface area contributed by atoms with Crippen LogP contribution in [0.4, 0.5) is 5.82 Å². The zero-order valence-electron chi connectivity index (χ0n) is 16.5. The monoisotopic (exact) mass is 423 g/mol. The molecular weight excluding hydrogens is 402 g/mol. The van der Waals surface area contributed by atoms with Crippen LogP contribution in [-0.2, 0) is 9.84 Å². The lowest BCUT2D eigenvalue weighted by Gasteiger charge is -2.41. The summed E-state index contributed by atoms with van der Waals surface area (Å²) in [6.07, 6.45) is 7.64. The fourth-order valence-corrected chi connectivity index (χ4v) is 4.44. The molecule has 0 spiro atoms. The van der Waals surface area contributed by atoms with Gasteiger partial charge in [0.15, 0.2) is 15.7 Å². The van der Waals surface area contributed by atoms with Crippen LogP contribution in [0.5, 0.6) is 5.75 Å². The number of aliphatic hydroxyl groups is 1. The van der Waals surface area contributed by atoms with Crippen LogP contribution in [0, 0.1) is 12.3 Å². The number of phenolic OH excluding ortho intramolecular Hbond substituents is 1. The molecular formula is C22H21N3O4S. The third kappa shape index (κ3) is 3.70. The molecule has 154 valence electrons.